The summed E-state index contributed by atoms with van der Waals surface area (Å²) in [5.74, 6) is -0.0272. The number of nitrogens with two attached hydrogens (primary N) is 2. The van der Waals surface area contributed by atoms with Gasteiger partial charge in [-0.25, -0.2) is 4.79 Å². The number of allylic oxidation sites excluding steroid dienone is 4. The first-order chi connectivity index (χ1) is 27.3. The van der Waals surface area contributed by atoms with Crippen LogP contribution >= 0.6 is 11.8 Å². The number of ether oxygens (including phenoxy) is 1. The standard InChI is InChI=1S/C47H91N5O3S/c1-4-6-8-10-12-14-16-18-20-22-24-26-28-30-32-34-37-42(36-33-31-29-27-25-23-21-19-17-15-13-11-9-7-5-2)55-46(54)44(39-41-56-3)52-45(53)43(48)38-35-40-51-47(49)50/h18-21,42-44H,4-17,22-41,48H2,1-3H3,(H,52,53)(H4,49,50,51)/b20-18-,21-19-. The van der Waals surface area contributed by atoms with Crippen LogP contribution in [-0.2, 0) is 14.3 Å². The van der Waals surface area contributed by atoms with Crippen molar-refractivity contribution in [3.63, 3.8) is 0 Å². The van der Waals surface area contributed by atoms with Crippen molar-refractivity contribution in [2.45, 2.75) is 238 Å². The van der Waals surface area contributed by atoms with Gasteiger partial charge in [-0.3, -0.25) is 10.2 Å². The molecule has 9 heteroatoms. The molecule has 0 spiro atoms. The molecule has 7 N–H and O–H groups in total. The lowest BCUT2D eigenvalue weighted by Crippen LogP contribution is -2.49. The Hall–Kier alpha value is -2.00. The zero-order chi connectivity index (χ0) is 41.2. The van der Waals surface area contributed by atoms with E-state index in [1.807, 2.05) is 6.26 Å². The topological polar surface area (TPSA) is 143 Å². The van der Waals surface area contributed by atoms with Gasteiger partial charge in [0, 0.05) is 6.54 Å². The molecule has 0 aliphatic heterocycles. The molecular weight excluding hydrogens is 715 g/mol. The Labute approximate surface area is 350 Å². The number of nitrogens with one attached hydrogen (secondary N) is 3. The lowest BCUT2D eigenvalue weighted by molar-refractivity contribution is -0.154. The van der Waals surface area contributed by atoms with Crippen LogP contribution in [0.4, 0.5) is 0 Å². The second-order valence-corrected chi connectivity index (χ2v) is 17.1. The molecule has 0 heterocycles. The van der Waals surface area contributed by atoms with Crippen molar-refractivity contribution < 1.29 is 14.3 Å². The summed E-state index contributed by atoms with van der Waals surface area (Å²) in [4.78, 5) is 26.5. The fourth-order valence-corrected chi connectivity index (χ4v) is 7.48. The van der Waals surface area contributed by atoms with Gasteiger partial charge in [0.15, 0.2) is 5.96 Å². The SMILES string of the molecule is CCCCCCCC/C=C\CCCCCCCCC(CCCCCCC/C=C\CCCCCCCC)OC(=O)C(CCSC)NC(=O)C(N)CCCNC(=N)N. The van der Waals surface area contributed by atoms with E-state index in [1.165, 1.54) is 148 Å². The number of guanidine groups is 1. The van der Waals surface area contributed by atoms with E-state index in [2.05, 4.69) is 48.8 Å². The summed E-state index contributed by atoms with van der Waals surface area (Å²) in [6, 6.07) is -1.44. The van der Waals surface area contributed by atoms with Crippen LogP contribution in [0, 0.1) is 5.41 Å². The molecule has 56 heavy (non-hydrogen) atoms. The zero-order valence-corrected chi connectivity index (χ0v) is 37.7. The first kappa shape index (κ1) is 54.0. The number of thioether (sulfide) groups is 1. The average molecular weight is 806 g/mol. The fraction of sp³-hybridized carbons (Fsp3) is 0.851. The van der Waals surface area contributed by atoms with Crippen molar-refractivity contribution in [3.8, 4) is 0 Å². The molecule has 0 aliphatic carbocycles. The quantitative estimate of drug-likeness (QED) is 0.0136. The van der Waals surface area contributed by atoms with E-state index < -0.39 is 12.1 Å². The molecule has 0 radical (unpaired) electrons. The second kappa shape index (κ2) is 42.6. The van der Waals surface area contributed by atoms with E-state index in [9.17, 15) is 9.59 Å². The number of carbonyl (C=O) groups excluding carboxylic acids is 2. The molecule has 0 fully saturated rings. The van der Waals surface area contributed by atoms with E-state index >= 15 is 0 Å². The predicted octanol–water partition coefficient (Wildman–Crippen LogP) is 12.2. The Bertz CT molecular complexity index is 962. The minimum atomic E-state index is -0.735. The minimum absolute atomic E-state index is 0.100. The Morgan fingerprint density at radius 3 is 1.43 bits per heavy atom. The van der Waals surface area contributed by atoms with Crippen LogP contribution in [0.2, 0.25) is 0 Å². The molecule has 3 unspecified atom stereocenters. The van der Waals surface area contributed by atoms with E-state index in [-0.39, 0.29) is 23.9 Å². The van der Waals surface area contributed by atoms with Crippen LogP contribution in [-0.4, -0.2) is 54.6 Å². The van der Waals surface area contributed by atoms with Gasteiger partial charge in [-0.05, 0) is 108 Å². The molecule has 0 aliphatic rings. The highest BCUT2D eigenvalue weighted by Gasteiger charge is 2.27. The maximum Gasteiger partial charge on any atom is 0.328 e. The molecule has 0 aromatic rings. The molecule has 3 atom stereocenters. The third-order valence-electron chi connectivity index (χ3n) is 10.7. The van der Waals surface area contributed by atoms with Crippen LogP contribution in [0.1, 0.15) is 219 Å². The van der Waals surface area contributed by atoms with Crippen molar-refractivity contribution in [3.05, 3.63) is 24.3 Å². The normalized spacial score (nSPS) is 13.3. The molecule has 0 aromatic carbocycles. The second-order valence-electron chi connectivity index (χ2n) is 16.1. The Balaban J connectivity index is 4.74. The fourth-order valence-electron chi connectivity index (χ4n) is 7.01. The van der Waals surface area contributed by atoms with Gasteiger partial charge < -0.3 is 26.8 Å². The summed E-state index contributed by atoms with van der Waals surface area (Å²) in [6.07, 6.45) is 49.0. The molecular formula is C47H91N5O3S. The van der Waals surface area contributed by atoms with Gasteiger partial charge >= 0.3 is 5.97 Å². The molecule has 0 bridgehead atoms. The third kappa shape index (κ3) is 37.6. The number of carbonyl (C=O) groups is 2. The molecule has 8 nitrogen and oxygen atoms in total. The summed E-state index contributed by atoms with van der Waals surface area (Å²) in [5, 5.41) is 12.9. The van der Waals surface area contributed by atoms with Gasteiger partial charge in [-0.15, -0.1) is 0 Å². The average Bonchev–Trinajstić information content (AvgIpc) is 3.18. The number of rotatable bonds is 42. The molecule has 0 saturated heterocycles. The van der Waals surface area contributed by atoms with E-state index in [0.717, 1.165) is 44.3 Å². The van der Waals surface area contributed by atoms with Crippen LogP contribution < -0.4 is 22.1 Å². The van der Waals surface area contributed by atoms with Crippen LogP contribution in [0.15, 0.2) is 24.3 Å². The number of hydrogen-bond acceptors (Lipinski definition) is 6. The molecule has 328 valence electrons. The number of hydrogen-bond donors (Lipinski definition) is 5. The van der Waals surface area contributed by atoms with Crippen LogP contribution in [0.25, 0.3) is 0 Å². The Morgan fingerprint density at radius 2 is 1.02 bits per heavy atom. The highest BCUT2D eigenvalue weighted by Crippen LogP contribution is 2.19. The van der Waals surface area contributed by atoms with Gasteiger partial charge in [0.05, 0.1) is 6.04 Å². The summed E-state index contributed by atoms with van der Waals surface area (Å²) < 4.78 is 6.19. The summed E-state index contributed by atoms with van der Waals surface area (Å²) in [6.45, 7) is 5.02. The molecule has 0 aromatic heterocycles. The van der Waals surface area contributed by atoms with Gasteiger partial charge in [-0.2, -0.15) is 11.8 Å². The number of unbranched alkanes of at least 4 members (excludes halogenated alkanes) is 23. The smallest absolute Gasteiger partial charge is 0.328 e. The summed E-state index contributed by atoms with van der Waals surface area (Å²) >= 11 is 1.65. The van der Waals surface area contributed by atoms with Crippen molar-refractivity contribution >= 4 is 29.6 Å². The zero-order valence-electron chi connectivity index (χ0n) is 36.9. The first-order valence-corrected chi connectivity index (χ1v) is 24.9. The van der Waals surface area contributed by atoms with Crippen molar-refractivity contribution in [2.75, 3.05) is 18.6 Å². The highest BCUT2D eigenvalue weighted by molar-refractivity contribution is 7.98. The maximum atomic E-state index is 13.5. The monoisotopic (exact) mass is 806 g/mol. The van der Waals surface area contributed by atoms with E-state index in [4.69, 9.17) is 21.6 Å². The van der Waals surface area contributed by atoms with Gasteiger partial charge in [-0.1, -0.05) is 147 Å². The summed E-state index contributed by atoms with van der Waals surface area (Å²) in [5.41, 5.74) is 11.5. The Morgan fingerprint density at radius 1 is 0.607 bits per heavy atom. The minimum Gasteiger partial charge on any atom is -0.461 e. The van der Waals surface area contributed by atoms with Gasteiger partial charge in [0.25, 0.3) is 0 Å². The van der Waals surface area contributed by atoms with Crippen LogP contribution in [0.3, 0.4) is 0 Å². The predicted molar refractivity (Wildman–Crippen MR) is 245 cm³/mol. The number of esters is 1. The van der Waals surface area contributed by atoms with Crippen LogP contribution in [0.5, 0.6) is 0 Å². The molecule has 0 saturated carbocycles. The van der Waals surface area contributed by atoms with Crippen molar-refractivity contribution in [1.82, 2.24) is 10.6 Å². The lowest BCUT2D eigenvalue weighted by Gasteiger charge is -2.24. The third-order valence-corrected chi connectivity index (χ3v) is 11.3. The van der Waals surface area contributed by atoms with Crippen molar-refractivity contribution in [2.24, 2.45) is 11.5 Å². The maximum absolute atomic E-state index is 13.5. The summed E-state index contributed by atoms with van der Waals surface area (Å²) in [7, 11) is 0. The Kier molecular flexibility index (Phi) is 41.1. The van der Waals surface area contributed by atoms with Gasteiger partial charge in [0.2, 0.25) is 5.91 Å². The first-order valence-electron chi connectivity index (χ1n) is 23.5. The molecule has 1 amide bonds. The van der Waals surface area contributed by atoms with E-state index in [1.54, 1.807) is 11.8 Å². The number of amides is 1. The van der Waals surface area contributed by atoms with Crippen molar-refractivity contribution in [1.29, 1.82) is 5.41 Å². The largest absolute Gasteiger partial charge is 0.461 e. The lowest BCUT2D eigenvalue weighted by atomic mass is 10.0. The van der Waals surface area contributed by atoms with Gasteiger partial charge in [0.1, 0.15) is 12.1 Å². The highest BCUT2D eigenvalue weighted by atomic mass is 32.2. The molecule has 0 rings (SSSR count). The van der Waals surface area contributed by atoms with E-state index in [0.29, 0.717) is 25.8 Å².